The molecule has 3 aromatic carbocycles. The molecule has 1 saturated heterocycles. The monoisotopic (exact) mass is 544 g/mol. The third kappa shape index (κ3) is 4.75. The predicted molar refractivity (Wildman–Crippen MR) is 166 cm³/mol. The molecule has 0 radical (unpaired) electrons. The molecule has 200 valence electrons. The van der Waals surface area contributed by atoms with Gasteiger partial charge in [0.1, 0.15) is 11.5 Å². The number of thiocarbonyl (C=S) groups is 1. The molecule has 6 heteroatoms. The fraction of sp³-hybridized carbons (Fsp3) is 0.176. The van der Waals surface area contributed by atoms with Crippen molar-refractivity contribution < 1.29 is 4.74 Å². The van der Waals surface area contributed by atoms with Crippen LogP contribution in [0.5, 0.6) is 11.5 Å². The molecule has 3 heterocycles. The van der Waals surface area contributed by atoms with E-state index in [1.807, 2.05) is 54.7 Å². The van der Waals surface area contributed by atoms with Crippen molar-refractivity contribution >= 4 is 23.0 Å². The molecular formula is C34H32N4OS. The molecule has 1 N–H and O–H groups in total. The van der Waals surface area contributed by atoms with Crippen molar-refractivity contribution in [3.05, 3.63) is 137 Å². The van der Waals surface area contributed by atoms with Crippen LogP contribution in [0.15, 0.2) is 103 Å². The fourth-order valence-corrected chi connectivity index (χ4v) is 5.98. The summed E-state index contributed by atoms with van der Waals surface area (Å²) in [7, 11) is 0. The summed E-state index contributed by atoms with van der Waals surface area (Å²) >= 11 is 5.97. The van der Waals surface area contributed by atoms with Gasteiger partial charge in [0.15, 0.2) is 5.11 Å². The van der Waals surface area contributed by atoms with Crippen molar-refractivity contribution in [2.75, 3.05) is 4.90 Å². The molecule has 6 rings (SSSR count). The number of ether oxygens (including phenoxy) is 1. The van der Waals surface area contributed by atoms with E-state index in [4.69, 9.17) is 21.9 Å². The first-order chi connectivity index (χ1) is 19.4. The third-order valence-electron chi connectivity index (χ3n) is 7.61. The van der Waals surface area contributed by atoms with Crippen molar-refractivity contribution in [2.45, 2.75) is 39.8 Å². The summed E-state index contributed by atoms with van der Waals surface area (Å²) in [5.74, 6) is 1.59. The minimum absolute atomic E-state index is 0.0877. The lowest BCUT2D eigenvalue weighted by atomic mass is 9.96. The lowest BCUT2D eigenvalue weighted by Crippen LogP contribution is -2.29. The summed E-state index contributed by atoms with van der Waals surface area (Å²) in [5, 5.41) is 4.26. The number of aromatic nitrogens is 2. The van der Waals surface area contributed by atoms with Crippen LogP contribution >= 0.6 is 12.2 Å². The van der Waals surface area contributed by atoms with Gasteiger partial charge in [0.25, 0.3) is 0 Å². The molecule has 1 aliphatic heterocycles. The van der Waals surface area contributed by atoms with Crippen LogP contribution in [0.3, 0.4) is 0 Å². The van der Waals surface area contributed by atoms with Crippen LogP contribution in [0.2, 0.25) is 0 Å². The van der Waals surface area contributed by atoms with Gasteiger partial charge in [-0.15, -0.1) is 0 Å². The highest BCUT2D eigenvalue weighted by Gasteiger charge is 2.42. The molecule has 1 aliphatic rings. The number of nitrogens with one attached hydrogen (secondary N) is 1. The van der Waals surface area contributed by atoms with Crippen LogP contribution in [-0.2, 0) is 0 Å². The first kappa shape index (κ1) is 25.8. The number of hydrogen-bond donors (Lipinski definition) is 1. The maximum absolute atomic E-state index is 6.10. The summed E-state index contributed by atoms with van der Waals surface area (Å²) in [5.41, 5.74) is 9.16. The number of aryl methyl sites for hydroxylation is 3. The van der Waals surface area contributed by atoms with Gasteiger partial charge in [-0.2, -0.15) is 0 Å². The summed E-state index contributed by atoms with van der Waals surface area (Å²) in [6.07, 6.45) is 1.84. The second-order valence-electron chi connectivity index (χ2n) is 10.4. The summed E-state index contributed by atoms with van der Waals surface area (Å²) in [6.45, 7) is 8.59. The van der Waals surface area contributed by atoms with E-state index in [0.29, 0.717) is 5.11 Å². The fourth-order valence-electron chi connectivity index (χ4n) is 5.64. The van der Waals surface area contributed by atoms with Gasteiger partial charge < -0.3 is 19.5 Å². The van der Waals surface area contributed by atoms with Gasteiger partial charge in [0.05, 0.1) is 17.8 Å². The van der Waals surface area contributed by atoms with Crippen molar-refractivity contribution in [1.29, 1.82) is 0 Å². The number of para-hydroxylation sites is 1. The molecule has 0 unspecified atom stereocenters. The summed E-state index contributed by atoms with van der Waals surface area (Å²) in [4.78, 5) is 6.94. The highest BCUT2D eigenvalue weighted by atomic mass is 32.1. The zero-order valence-corrected chi connectivity index (χ0v) is 23.9. The maximum Gasteiger partial charge on any atom is 0.174 e. The van der Waals surface area contributed by atoms with E-state index in [-0.39, 0.29) is 12.1 Å². The third-order valence-corrected chi connectivity index (χ3v) is 7.93. The minimum atomic E-state index is -0.108. The second-order valence-corrected chi connectivity index (χ2v) is 10.7. The molecule has 2 atom stereocenters. The van der Waals surface area contributed by atoms with E-state index >= 15 is 0 Å². The van der Waals surface area contributed by atoms with Crippen LogP contribution < -0.4 is 15.0 Å². The van der Waals surface area contributed by atoms with Gasteiger partial charge in [-0.05, 0) is 112 Å². The number of hydrogen-bond acceptors (Lipinski definition) is 3. The molecule has 2 aromatic heterocycles. The molecular weight excluding hydrogens is 512 g/mol. The number of pyridine rings is 1. The number of rotatable bonds is 6. The topological polar surface area (TPSA) is 42.3 Å². The molecule has 40 heavy (non-hydrogen) atoms. The van der Waals surface area contributed by atoms with Crippen molar-refractivity contribution in [3.63, 3.8) is 0 Å². The van der Waals surface area contributed by atoms with E-state index < -0.39 is 0 Å². The Hall–Kier alpha value is -4.42. The van der Waals surface area contributed by atoms with E-state index in [2.05, 4.69) is 91.0 Å². The number of benzene rings is 3. The first-order valence-corrected chi connectivity index (χ1v) is 13.9. The second kappa shape index (κ2) is 10.6. The Morgan fingerprint density at radius 3 is 2.15 bits per heavy atom. The van der Waals surface area contributed by atoms with Gasteiger partial charge in [-0.25, -0.2) is 0 Å². The van der Waals surface area contributed by atoms with Crippen molar-refractivity contribution in [1.82, 2.24) is 14.9 Å². The van der Waals surface area contributed by atoms with E-state index in [9.17, 15) is 0 Å². The van der Waals surface area contributed by atoms with Crippen LogP contribution in [-0.4, -0.2) is 14.7 Å². The highest BCUT2D eigenvalue weighted by Crippen LogP contribution is 2.44. The zero-order chi connectivity index (χ0) is 27.8. The molecule has 0 spiro atoms. The van der Waals surface area contributed by atoms with Crippen LogP contribution in [0.1, 0.15) is 45.9 Å². The first-order valence-electron chi connectivity index (χ1n) is 13.5. The van der Waals surface area contributed by atoms with Gasteiger partial charge in [-0.3, -0.25) is 4.98 Å². The molecule has 0 amide bonds. The molecule has 0 aliphatic carbocycles. The lowest BCUT2D eigenvalue weighted by Gasteiger charge is -2.28. The largest absolute Gasteiger partial charge is 0.457 e. The Bertz CT molecular complexity index is 1660. The maximum atomic E-state index is 6.10. The Morgan fingerprint density at radius 1 is 0.800 bits per heavy atom. The smallest absolute Gasteiger partial charge is 0.174 e. The SMILES string of the molecule is Cc1ccc(Oc2ccc(N3C(=S)N[C@@H](c4ccccn4)[C@@H]3c3cc(C)n(-c4ccccc4C)c3C)cc2)cc1. The van der Waals surface area contributed by atoms with Crippen LogP contribution in [0.25, 0.3) is 5.69 Å². The predicted octanol–water partition coefficient (Wildman–Crippen LogP) is 8.08. The van der Waals surface area contributed by atoms with Gasteiger partial charge in [-0.1, -0.05) is 42.0 Å². The average molecular weight is 545 g/mol. The Labute approximate surface area is 241 Å². The van der Waals surface area contributed by atoms with E-state index in [1.54, 1.807) is 0 Å². The molecule has 0 saturated carbocycles. The molecule has 5 nitrogen and oxygen atoms in total. The van der Waals surface area contributed by atoms with Crippen LogP contribution in [0, 0.1) is 27.7 Å². The Morgan fingerprint density at radius 2 is 1.48 bits per heavy atom. The van der Waals surface area contributed by atoms with Gasteiger partial charge >= 0.3 is 0 Å². The van der Waals surface area contributed by atoms with E-state index in [1.165, 1.54) is 33.8 Å². The summed E-state index contributed by atoms with van der Waals surface area (Å²) < 4.78 is 8.44. The number of nitrogens with zero attached hydrogens (tertiary/aromatic N) is 3. The van der Waals surface area contributed by atoms with Gasteiger partial charge in [0, 0.05) is 29.0 Å². The standard InChI is InChI=1S/C34H32N4OS/c1-22-12-16-27(17-13-22)39-28-18-14-26(15-19-28)38-33(32(36-34(38)40)30-10-7-8-20-35-30)29-21-24(3)37(25(29)4)31-11-6-5-9-23(31)2/h5-21,32-33H,1-4H3,(H,36,40)/t32-,33-/m0/s1. The van der Waals surface area contributed by atoms with E-state index in [0.717, 1.165) is 22.9 Å². The minimum Gasteiger partial charge on any atom is -0.457 e. The highest BCUT2D eigenvalue weighted by molar-refractivity contribution is 7.80. The molecule has 5 aromatic rings. The zero-order valence-electron chi connectivity index (χ0n) is 23.1. The average Bonchev–Trinajstić information content (AvgIpc) is 3.46. The van der Waals surface area contributed by atoms with Crippen molar-refractivity contribution in [2.24, 2.45) is 0 Å². The lowest BCUT2D eigenvalue weighted by molar-refractivity contribution is 0.482. The van der Waals surface area contributed by atoms with Gasteiger partial charge in [0.2, 0.25) is 0 Å². The molecule has 1 fully saturated rings. The normalized spacial score (nSPS) is 16.7. The number of anilines is 1. The quantitative estimate of drug-likeness (QED) is 0.219. The van der Waals surface area contributed by atoms with Crippen molar-refractivity contribution in [3.8, 4) is 17.2 Å². The van der Waals surface area contributed by atoms with Crippen LogP contribution in [0.4, 0.5) is 5.69 Å². The molecule has 0 bridgehead atoms. The Balaban J connectivity index is 1.41. The summed E-state index contributed by atoms with van der Waals surface area (Å²) in [6, 6.07) is 32.9. The Kier molecular flexibility index (Phi) is 6.86.